The van der Waals surface area contributed by atoms with Crippen LogP contribution in [0.3, 0.4) is 0 Å². The highest BCUT2D eigenvalue weighted by atomic mass is 16.5. The molecule has 1 aliphatic rings. The number of rotatable bonds is 5. The molecule has 164 valence electrons. The third-order valence-electron chi connectivity index (χ3n) is 5.58. The Morgan fingerprint density at radius 3 is 2.66 bits per heavy atom. The number of carbonyl (C=O) groups is 1. The van der Waals surface area contributed by atoms with E-state index in [1.54, 1.807) is 31.0 Å². The number of aliphatic imine (C=N–C) groups is 1. The van der Waals surface area contributed by atoms with Crippen LogP contribution in [0.5, 0.6) is 5.75 Å². The number of ether oxygens (including phenoxy) is 1. The van der Waals surface area contributed by atoms with Gasteiger partial charge in [-0.15, -0.1) is 0 Å². The standard InChI is InChI=1S/C25H26N4O3/c1-5-26-23(30)12-22-18-11-24(31)29(3)14-20(18)17-8-7-16(32-4)10-19(17)25(28-22)21-9-6-15(2)13-27-21/h6-11,13-14,22H,5,12H2,1-4H3,(H,26,30). The number of hydrogen-bond donors (Lipinski definition) is 1. The van der Waals surface area contributed by atoms with Crippen molar-refractivity contribution in [2.45, 2.75) is 26.3 Å². The Bertz CT molecular complexity index is 1260. The number of amides is 1. The number of nitrogens with zero attached hydrogens (tertiary/aromatic N) is 3. The summed E-state index contributed by atoms with van der Waals surface area (Å²) in [7, 11) is 3.34. The first-order chi connectivity index (χ1) is 15.4. The lowest BCUT2D eigenvalue weighted by molar-refractivity contribution is -0.121. The number of carbonyl (C=O) groups excluding carboxylic acids is 1. The molecule has 0 aliphatic carbocycles. The maximum absolute atomic E-state index is 12.5. The van der Waals surface area contributed by atoms with E-state index < -0.39 is 6.04 Å². The van der Waals surface area contributed by atoms with Gasteiger partial charge in [0.15, 0.2) is 0 Å². The summed E-state index contributed by atoms with van der Waals surface area (Å²) in [6.45, 7) is 4.39. The second kappa shape index (κ2) is 8.78. The molecule has 2 aromatic heterocycles. The van der Waals surface area contributed by atoms with Crippen molar-refractivity contribution in [2.24, 2.45) is 12.0 Å². The lowest BCUT2D eigenvalue weighted by atomic mass is 9.92. The summed E-state index contributed by atoms with van der Waals surface area (Å²) >= 11 is 0. The predicted octanol–water partition coefficient (Wildman–Crippen LogP) is 3.18. The van der Waals surface area contributed by atoms with Crippen molar-refractivity contribution < 1.29 is 9.53 Å². The molecule has 3 heterocycles. The van der Waals surface area contributed by atoms with E-state index in [1.807, 2.05) is 50.4 Å². The minimum atomic E-state index is -0.526. The summed E-state index contributed by atoms with van der Waals surface area (Å²) < 4.78 is 7.03. The van der Waals surface area contributed by atoms with Crippen molar-refractivity contribution in [1.82, 2.24) is 14.9 Å². The molecule has 1 N–H and O–H groups in total. The topological polar surface area (TPSA) is 85.6 Å². The fourth-order valence-corrected chi connectivity index (χ4v) is 3.93. The minimum Gasteiger partial charge on any atom is -0.497 e. The number of nitrogens with one attached hydrogen (secondary N) is 1. The van der Waals surface area contributed by atoms with Crippen molar-refractivity contribution in [3.05, 3.63) is 81.5 Å². The molecule has 1 atom stereocenters. The Labute approximate surface area is 186 Å². The smallest absolute Gasteiger partial charge is 0.250 e. The second-order valence-corrected chi connectivity index (χ2v) is 7.88. The molecule has 4 rings (SSSR count). The molecule has 0 radical (unpaired) electrons. The van der Waals surface area contributed by atoms with Crippen LogP contribution in [0.4, 0.5) is 0 Å². The minimum absolute atomic E-state index is 0.118. The zero-order valence-electron chi connectivity index (χ0n) is 18.7. The van der Waals surface area contributed by atoms with E-state index >= 15 is 0 Å². The van der Waals surface area contributed by atoms with E-state index in [1.165, 1.54) is 0 Å². The molecule has 0 fully saturated rings. The van der Waals surface area contributed by atoms with Crippen LogP contribution in [0.1, 0.15) is 41.8 Å². The quantitative estimate of drug-likeness (QED) is 0.674. The van der Waals surface area contributed by atoms with Gasteiger partial charge in [0.2, 0.25) is 5.91 Å². The van der Waals surface area contributed by atoms with Crippen LogP contribution in [0.25, 0.3) is 11.1 Å². The molecule has 32 heavy (non-hydrogen) atoms. The molecule has 3 aromatic rings. The van der Waals surface area contributed by atoms with E-state index in [2.05, 4.69) is 10.3 Å². The number of hydrogen-bond acceptors (Lipinski definition) is 5. The second-order valence-electron chi connectivity index (χ2n) is 7.88. The highest BCUT2D eigenvalue weighted by molar-refractivity contribution is 6.16. The van der Waals surface area contributed by atoms with E-state index in [0.29, 0.717) is 23.7 Å². The number of fused-ring (bicyclic) bond motifs is 3. The number of methoxy groups -OCH3 is 1. The van der Waals surface area contributed by atoms with Crippen molar-refractivity contribution in [3.8, 4) is 16.9 Å². The molecule has 7 heteroatoms. The molecule has 1 unspecified atom stereocenters. The fourth-order valence-electron chi connectivity index (χ4n) is 3.93. The summed E-state index contributed by atoms with van der Waals surface area (Å²) in [6, 6.07) is 10.8. The van der Waals surface area contributed by atoms with Crippen molar-refractivity contribution in [3.63, 3.8) is 0 Å². The Morgan fingerprint density at radius 2 is 1.97 bits per heavy atom. The highest BCUT2D eigenvalue weighted by Crippen LogP contribution is 2.39. The molecule has 1 aliphatic heterocycles. The van der Waals surface area contributed by atoms with Crippen LogP contribution < -0.4 is 15.6 Å². The molecular formula is C25H26N4O3. The van der Waals surface area contributed by atoms with Gasteiger partial charge in [0.05, 0.1) is 31.0 Å². The van der Waals surface area contributed by atoms with Crippen LogP contribution in [-0.4, -0.2) is 34.8 Å². The first-order valence-electron chi connectivity index (χ1n) is 10.6. The van der Waals surface area contributed by atoms with E-state index in [4.69, 9.17) is 9.73 Å². The Morgan fingerprint density at radius 1 is 1.16 bits per heavy atom. The molecule has 7 nitrogen and oxygen atoms in total. The predicted molar refractivity (Wildman–Crippen MR) is 124 cm³/mol. The van der Waals surface area contributed by atoms with E-state index in [-0.39, 0.29) is 17.9 Å². The van der Waals surface area contributed by atoms with E-state index in [9.17, 15) is 9.59 Å². The average Bonchev–Trinajstić information content (AvgIpc) is 2.90. The highest BCUT2D eigenvalue weighted by Gasteiger charge is 2.28. The number of aromatic nitrogens is 2. The van der Waals surface area contributed by atoms with Gasteiger partial charge in [0.25, 0.3) is 5.56 Å². The van der Waals surface area contributed by atoms with Gasteiger partial charge in [-0.3, -0.25) is 19.6 Å². The number of benzene rings is 1. The Kier molecular flexibility index (Phi) is 5.90. The van der Waals surface area contributed by atoms with Gasteiger partial charge in [-0.25, -0.2) is 0 Å². The zero-order valence-corrected chi connectivity index (χ0v) is 18.7. The molecule has 1 amide bonds. The van der Waals surface area contributed by atoms with Gasteiger partial charge < -0.3 is 14.6 Å². The maximum Gasteiger partial charge on any atom is 0.250 e. The summed E-state index contributed by atoms with van der Waals surface area (Å²) in [4.78, 5) is 34.7. The first kappa shape index (κ1) is 21.5. The van der Waals surface area contributed by atoms with Crippen molar-refractivity contribution >= 4 is 11.6 Å². The first-order valence-corrected chi connectivity index (χ1v) is 10.6. The SMILES string of the molecule is CCNC(=O)CC1N=C(c2ccc(C)cn2)c2cc(OC)ccc2-c2cn(C)c(=O)cc21. The Hall–Kier alpha value is -3.74. The van der Waals surface area contributed by atoms with Gasteiger partial charge in [0.1, 0.15) is 5.75 Å². The number of pyridine rings is 2. The summed E-state index contributed by atoms with van der Waals surface area (Å²) in [6.07, 6.45) is 3.74. The summed E-state index contributed by atoms with van der Waals surface area (Å²) in [5.74, 6) is 0.574. The zero-order chi connectivity index (χ0) is 22.8. The monoisotopic (exact) mass is 430 g/mol. The third-order valence-corrected chi connectivity index (χ3v) is 5.58. The summed E-state index contributed by atoms with van der Waals surface area (Å²) in [5, 5.41) is 2.84. The largest absolute Gasteiger partial charge is 0.497 e. The van der Waals surface area contributed by atoms with Crippen LogP contribution >= 0.6 is 0 Å². The van der Waals surface area contributed by atoms with Gasteiger partial charge in [-0.2, -0.15) is 0 Å². The molecule has 0 saturated heterocycles. The van der Waals surface area contributed by atoms with E-state index in [0.717, 1.165) is 27.8 Å². The molecule has 0 saturated carbocycles. The van der Waals surface area contributed by atoms with Crippen LogP contribution in [0.2, 0.25) is 0 Å². The maximum atomic E-state index is 12.5. The Balaban J connectivity index is 2.02. The normalized spacial score (nSPS) is 14.6. The summed E-state index contributed by atoms with van der Waals surface area (Å²) in [5.41, 5.74) is 5.61. The van der Waals surface area contributed by atoms with Gasteiger partial charge in [0, 0.05) is 43.2 Å². The molecule has 1 aromatic carbocycles. The van der Waals surface area contributed by atoms with Crippen LogP contribution in [0, 0.1) is 6.92 Å². The number of aryl methyl sites for hydroxylation is 2. The van der Waals surface area contributed by atoms with Crippen LogP contribution in [0.15, 0.2) is 58.6 Å². The van der Waals surface area contributed by atoms with Gasteiger partial charge in [-0.1, -0.05) is 6.07 Å². The molecular weight excluding hydrogens is 404 g/mol. The fraction of sp³-hybridized carbons (Fsp3) is 0.280. The van der Waals surface area contributed by atoms with Crippen LogP contribution in [-0.2, 0) is 11.8 Å². The van der Waals surface area contributed by atoms with Crippen molar-refractivity contribution in [2.75, 3.05) is 13.7 Å². The molecule has 0 bridgehead atoms. The molecule has 0 spiro atoms. The van der Waals surface area contributed by atoms with Gasteiger partial charge in [-0.05, 0) is 54.8 Å². The lowest BCUT2D eigenvalue weighted by Crippen LogP contribution is -2.25. The van der Waals surface area contributed by atoms with Crippen molar-refractivity contribution in [1.29, 1.82) is 0 Å². The lowest BCUT2D eigenvalue weighted by Gasteiger charge is -2.16. The van der Waals surface area contributed by atoms with Gasteiger partial charge >= 0.3 is 0 Å². The average molecular weight is 431 g/mol. The third kappa shape index (κ3) is 4.06.